The van der Waals surface area contributed by atoms with Gasteiger partial charge in [-0.2, -0.15) is 0 Å². The Morgan fingerprint density at radius 2 is 2.40 bits per heavy atom. The number of nitrogens with zero attached hydrogens (tertiary/aromatic N) is 1. The van der Waals surface area contributed by atoms with Crippen LogP contribution in [-0.4, -0.2) is 39.8 Å². The first-order chi connectivity index (χ1) is 7.08. The molecule has 1 amide bonds. The van der Waals surface area contributed by atoms with Gasteiger partial charge in [-0.15, -0.1) is 0 Å². The molecule has 1 fully saturated rings. The lowest BCUT2D eigenvalue weighted by atomic mass is 10.1. The molecule has 1 N–H and O–H groups in total. The first kappa shape index (κ1) is 12.5. The fourth-order valence-electron chi connectivity index (χ4n) is 1.94. The Morgan fingerprint density at radius 1 is 1.73 bits per heavy atom. The van der Waals surface area contributed by atoms with Gasteiger partial charge in [0.1, 0.15) is 0 Å². The zero-order valence-electron chi connectivity index (χ0n) is 8.78. The Morgan fingerprint density at radius 3 is 2.80 bits per heavy atom. The van der Waals surface area contributed by atoms with Crippen molar-refractivity contribution in [2.75, 3.05) is 11.9 Å². The Bertz CT molecular complexity index is 257. The van der Waals surface area contributed by atoms with Crippen LogP contribution in [0.2, 0.25) is 0 Å². The summed E-state index contributed by atoms with van der Waals surface area (Å²) < 4.78 is 0. The van der Waals surface area contributed by atoms with E-state index in [2.05, 4.69) is 15.9 Å². The molecular formula is C10H16BrNO3. The molecule has 1 aliphatic rings. The smallest absolute Gasteiger partial charge is 0.305 e. The second-order valence-electron chi connectivity index (χ2n) is 3.93. The second kappa shape index (κ2) is 5.49. The van der Waals surface area contributed by atoms with Crippen molar-refractivity contribution < 1.29 is 14.7 Å². The van der Waals surface area contributed by atoms with Crippen molar-refractivity contribution in [1.82, 2.24) is 4.90 Å². The van der Waals surface area contributed by atoms with E-state index in [0.717, 1.165) is 5.33 Å². The first-order valence-corrected chi connectivity index (χ1v) is 6.27. The number of hydrogen-bond acceptors (Lipinski definition) is 2. The maximum atomic E-state index is 11.6. The molecule has 0 aromatic rings. The van der Waals surface area contributed by atoms with E-state index < -0.39 is 5.97 Å². The normalized spacial score (nSPS) is 23.2. The van der Waals surface area contributed by atoms with Crippen LogP contribution >= 0.6 is 15.9 Å². The number of alkyl halides is 1. The number of hydrogen-bond donors (Lipinski definition) is 1. The monoisotopic (exact) mass is 277 g/mol. The number of carboxylic acids is 1. The molecule has 4 nitrogen and oxygen atoms in total. The van der Waals surface area contributed by atoms with Crippen LogP contribution in [0.15, 0.2) is 0 Å². The third kappa shape index (κ3) is 3.19. The van der Waals surface area contributed by atoms with Crippen LogP contribution in [0.25, 0.3) is 0 Å². The molecule has 0 aliphatic carbocycles. The second-order valence-corrected chi connectivity index (χ2v) is 4.58. The maximum Gasteiger partial charge on any atom is 0.305 e. The van der Waals surface area contributed by atoms with Gasteiger partial charge in [0.15, 0.2) is 0 Å². The molecule has 0 aromatic heterocycles. The molecule has 0 saturated carbocycles. The standard InChI is InChI=1S/C10H16BrNO3/c1-2-8(4-10(14)15)12-6-7(5-11)3-9(12)13/h7-8H,2-6H2,1H3,(H,14,15). The Kier molecular flexibility index (Phi) is 4.57. The summed E-state index contributed by atoms with van der Waals surface area (Å²) >= 11 is 3.36. The van der Waals surface area contributed by atoms with E-state index in [1.54, 1.807) is 4.90 Å². The molecule has 2 atom stereocenters. The summed E-state index contributed by atoms with van der Waals surface area (Å²) in [7, 11) is 0. The Labute approximate surface area is 97.8 Å². The number of halogens is 1. The van der Waals surface area contributed by atoms with Crippen molar-refractivity contribution in [3.05, 3.63) is 0 Å². The summed E-state index contributed by atoms with van der Waals surface area (Å²) in [6, 6.07) is -0.140. The zero-order chi connectivity index (χ0) is 11.4. The van der Waals surface area contributed by atoms with Crippen LogP contribution in [0.3, 0.4) is 0 Å². The first-order valence-electron chi connectivity index (χ1n) is 5.15. The highest BCUT2D eigenvalue weighted by Gasteiger charge is 2.33. The molecular weight excluding hydrogens is 262 g/mol. The third-order valence-corrected chi connectivity index (χ3v) is 3.69. The summed E-state index contributed by atoms with van der Waals surface area (Å²) in [5.41, 5.74) is 0. The number of carbonyl (C=O) groups is 2. The minimum Gasteiger partial charge on any atom is -0.481 e. The van der Waals surface area contributed by atoms with Crippen molar-refractivity contribution >= 4 is 27.8 Å². The van der Waals surface area contributed by atoms with E-state index in [4.69, 9.17) is 5.11 Å². The number of likely N-dealkylation sites (tertiary alicyclic amines) is 1. The zero-order valence-corrected chi connectivity index (χ0v) is 10.4. The summed E-state index contributed by atoms with van der Waals surface area (Å²) in [6.45, 7) is 2.61. The molecule has 2 unspecified atom stereocenters. The van der Waals surface area contributed by atoms with Crippen molar-refractivity contribution in [1.29, 1.82) is 0 Å². The van der Waals surface area contributed by atoms with Gasteiger partial charge in [0.05, 0.1) is 6.42 Å². The number of rotatable bonds is 5. The van der Waals surface area contributed by atoms with Gasteiger partial charge in [-0.05, 0) is 12.3 Å². The van der Waals surface area contributed by atoms with Crippen LogP contribution in [0.4, 0.5) is 0 Å². The Hall–Kier alpha value is -0.580. The lowest BCUT2D eigenvalue weighted by Gasteiger charge is -2.25. The lowest BCUT2D eigenvalue weighted by Crippen LogP contribution is -2.37. The lowest BCUT2D eigenvalue weighted by molar-refractivity contribution is -0.139. The van der Waals surface area contributed by atoms with Crippen LogP contribution in [0.1, 0.15) is 26.2 Å². The SMILES string of the molecule is CCC(CC(=O)O)N1CC(CBr)CC1=O. The number of carboxylic acid groups (broad SMARTS) is 1. The quantitative estimate of drug-likeness (QED) is 0.775. The van der Waals surface area contributed by atoms with E-state index in [1.807, 2.05) is 6.92 Å². The minimum absolute atomic E-state index is 0.0528. The summed E-state index contributed by atoms with van der Waals surface area (Å²) in [5, 5.41) is 9.54. The molecule has 0 spiro atoms. The van der Waals surface area contributed by atoms with E-state index in [-0.39, 0.29) is 18.4 Å². The van der Waals surface area contributed by atoms with Gasteiger partial charge >= 0.3 is 5.97 Å². The van der Waals surface area contributed by atoms with Gasteiger partial charge < -0.3 is 10.0 Å². The fraction of sp³-hybridized carbons (Fsp3) is 0.800. The predicted octanol–water partition coefficient (Wildman–Crippen LogP) is 1.48. The fourth-order valence-corrected chi connectivity index (χ4v) is 2.37. The van der Waals surface area contributed by atoms with Crippen LogP contribution in [-0.2, 0) is 9.59 Å². The van der Waals surface area contributed by atoms with Crippen molar-refractivity contribution in [3.63, 3.8) is 0 Å². The molecule has 1 saturated heterocycles. The van der Waals surface area contributed by atoms with Gasteiger partial charge in [0.25, 0.3) is 0 Å². The molecule has 1 rings (SSSR count). The van der Waals surface area contributed by atoms with Crippen molar-refractivity contribution in [2.45, 2.75) is 32.2 Å². The van der Waals surface area contributed by atoms with E-state index >= 15 is 0 Å². The number of amides is 1. The van der Waals surface area contributed by atoms with Gasteiger partial charge in [-0.3, -0.25) is 9.59 Å². The Balaban J connectivity index is 2.60. The highest BCUT2D eigenvalue weighted by Crippen LogP contribution is 2.24. The van der Waals surface area contributed by atoms with Gasteiger partial charge in [0.2, 0.25) is 5.91 Å². The minimum atomic E-state index is -0.836. The van der Waals surface area contributed by atoms with Crippen LogP contribution in [0.5, 0.6) is 0 Å². The molecule has 1 aliphatic heterocycles. The maximum absolute atomic E-state index is 11.6. The molecule has 15 heavy (non-hydrogen) atoms. The van der Waals surface area contributed by atoms with E-state index in [1.165, 1.54) is 0 Å². The summed E-state index contributed by atoms with van der Waals surface area (Å²) in [5.74, 6) is -0.412. The van der Waals surface area contributed by atoms with Crippen LogP contribution < -0.4 is 0 Å². The highest BCUT2D eigenvalue weighted by molar-refractivity contribution is 9.09. The number of aliphatic carboxylic acids is 1. The topological polar surface area (TPSA) is 57.6 Å². The van der Waals surface area contributed by atoms with Gasteiger partial charge in [-0.1, -0.05) is 22.9 Å². The molecule has 86 valence electrons. The highest BCUT2D eigenvalue weighted by atomic mass is 79.9. The molecule has 0 bridgehead atoms. The van der Waals surface area contributed by atoms with Crippen LogP contribution in [0, 0.1) is 5.92 Å². The van der Waals surface area contributed by atoms with Gasteiger partial charge in [-0.25, -0.2) is 0 Å². The van der Waals surface area contributed by atoms with Gasteiger partial charge in [0, 0.05) is 24.3 Å². The summed E-state index contributed by atoms with van der Waals surface area (Å²) in [6.07, 6.45) is 1.30. The average molecular weight is 278 g/mol. The van der Waals surface area contributed by atoms with Crippen molar-refractivity contribution in [3.8, 4) is 0 Å². The molecule has 1 heterocycles. The molecule has 0 aromatic carbocycles. The largest absolute Gasteiger partial charge is 0.481 e. The average Bonchev–Trinajstić information content (AvgIpc) is 2.56. The van der Waals surface area contributed by atoms with E-state index in [9.17, 15) is 9.59 Å². The van der Waals surface area contributed by atoms with E-state index in [0.29, 0.717) is 25.3 Å². The van der Waals surface area contributed by atoms with Crippen molar-refractivity contribution in [2.24, 2.45) is 5.92 Å². The molecule has 0 radical (unpaired) electrons. The third-order valence-electron chi connectivity index (χ3n) is 2.78. The number of carbonyl (C=O) groups excluding carboxylic acids is 1. The summed E-state index contributed by atoms with van der Waals surface area (Å²) in [4.78, 5) is 24.0. The predicted molar refractivity (Wildman–Crippen MR) is 59.9 cm³/mol. The molecule has 5 heteroatoms.